The molecule has 5 heteroatoms. The van der Waals surface area contributed by atoms with E-state index in [1.807, 2.05) is 13.0 Å². The quantitative estimate of drug-likeness (QED) is 0.772. The van der Waals surface area contributed by atoms with Crippen LogP contribution in [0, 0.1) is 0 Å². The van der Waals surface area contributed by atoms with Gasteiger partial charge in [-0.3, -0.25) is 4.79 Å². The SMILES string of the molecule is CC(c1ccc(Cl)cc1Cl)N(C)C(=O)CCl. The largest absolute Gasteiger partial charge is 0.338 e. The van der Waals surface area contributed by atoms with Gasteiger partial charge in [0.05, 0.1) is 6.04 Å². The summed E-state index contributed by atoms with van der Waals surface area (Å²) >= 11 is 17.4. The van der Waals surface area contributed by atoms with Gasteiger partial charge in [-0.15, -0.1) is 11.6 Å². The average molecular weight is 281 g/mol. The van der Waals surface area contributed by atoms with E-state index in [4.69, 9.17) is 34.8 Å². The Balaban J connectivity index is 2.96. The molecule has 1 aromatic carbocycles. The minimum absolute atomic E-state index is 0.0357. The van der Waals surface area contributed by atoms with E-state index in [1.54, 1.807) is 24.1 Å². The first-order valence-corrected chi connectivity index (χ1v) is 6.03. The maximum atomic E-state index is 11.4. The Morgan fingerprint density at radius 2 is 2.06 bits per heavy atom. The Kier molecular flexibility index (Phi) is 4.90. The van der Waals surface area contributed by atoms with Crippen LogP contribution in [0.25, 0.3) is 0 Å². The third-order valence-electron chi connectivity index (χ3n) is 2.50. The van der Waals surface area contributed by atoms with Gasteiger partial charge >= 0.3 is 0 Å². The summed E-state index contributed by atoms with van der Waals surface area (Å²) < 4.78 is 0. The fourth-order valence-corrected chi connectivity index (χ4v) is 2.11. The smallest absolute Gasteiger partial charge is 0.237 e. The molecule has 88 valence electrons. The highest BCUT2D eigenvalue weighted by molar-refractivity contribution is 6.35. The van der Waals surface area contributed by atoms with E-state index in [0.29, 0.717) is 10.0 Å². The van der Waals surface area contributed by atoms with Crippen molar-refractivity contribution < 1.29 is 4.79 Å². The van der Waals surface area contributed by atoms with Crippen molar-refractivity contribution in [3.63, 3.8) is 0 Å². The molecule has 0 bridgehead atoms. The first-order valence-electron chi connectivity index (χ1n) is 4.74. The van der Waals surface area contributed by atoms with E-state index in [0.717, 1.165) is 5.56 Å². The number of alkyl halides is 1. The Labute approximate surface area is 110 Å². The van der Waals surface area contributed by atoms with Crippen LogP contribution in [0.2, 0.25) is 10.0 Å². The standard InChI is InChI=1S/C11H12Cl3NO/c1-7(15(2)11(16)6-12)9-4-3-8(13)5-10(9)14/h3-5,7H,6H2,1-2H3. The molecule has 0 radical (unpaired) electrons. The summed E-state index contributed by atoms with van der Waals surface area (Å²) in [5.41, 5.74) is 0.854. The number of benzene rings is 1. The lowest BCUT2D eigenvalue weighted by molar-refractivity contribution is -0.129. The van der Waals surface area contributed by atoms with Crippen LogP contribution in [0.4, 0.5) is 0 Å². The number of carbonyl (C=O) groups excluding carboxylic acids is 1. The van der Waals surface area contributed by atoms with E-state index in [-0.39, 0.29) is 17.8 Å². The second-order valence-electron chi connectivity index (χ2n) is 3.48. The lowest BCUT2D eigenvalue weighted by Crippen LogP contribution is -2.30. The molecule has 1 aromatic rings. The number of amides is 1. The summed E-state index contributed by atoms with van der Waals surface area (Å²) in [6.07, 6.45) is 0. The van der Waals surface area contributed by atoms with Crippen molar-refractivity contribution in [2.75, 3.05) is 12.9 Å². The maximum Gasteiger partial charge on any atom is 0.237 e. The number of hydrogen-bond donors (Lipinski definition) is 0. The highest BCUT2D eigenvalue weighted by atomic mass is 35.5. The minimum Gasteiger partial charge on any atom is -0.338 e. The summed E-state index contributed by atoms with van der Waals surface area (Å²) in [6.45, 7) is 1.89. The molecule has 1 atom stereocenters. The number of hydrogen-bond acceptors (Lipinski definition) is 1. The van der Waals surface area contributed by atoms with Gasteiger partial charge in [-0.25, -0.2) is 0 Å². The van der Waals surface area contributed by atoms with Crippen LogP contribution in [0.1, 0.15) is 18.5 Å². The summed E-state index contributed by atoms with van der Waals surface area (Å²) in [5, 5.41) is 1.13. The van der Waals surface area contributed by atoms with Crippen molar-refractivity contribution in [1.29, 1.82) is 0 Å². The molecule has 0 heterocycles. The van der Waals surface area contributed by atoms with E-state index in [2.05, 4.69) is 0 Å². The third-order valence-corrected chi connectivity index (χ3v) is 3.29. The van der Waals surface area contributed by atoms with Gasteiger partial charge in [-0.2, -0.15) is 0 Å². The van der Waals surface area contributed by atoms with E-state index in [9.17, 15) is 4.79 Å². The van der Waals surface area contributed by atoms with Crippen LogP contribution in [0.15, 0.2) is 18.2 Å². The Morgan fingerprint density at radius 3 is 2.56 bits per heavy atom. The Hall–Kier alpha value is -0.440. The van der Waals surface area contributed by atoms with Crippen LogP contribution in [0.5, 0.6) is 0 Å². The fourth-order valence-electron chi connectivity index (χ4n) is 1.36. The van der Waals surface area contributed by atoms with Gasteiger partial charge in [0.15, 0.2) is 0 Å². The number of nitrogens with zero attached hydrogens (tertiary/aromatic N) is 1. The zero-order chi connectivity index (χ0) is 12.3. The molecule has 0 aliphatic carbocycles. The van der Waals surface area contributed by atoms with Gasteiger partial charge in [0.2, 0.25) is 5.91 Å². The monoisotopic (exact) mass is 279 g/mol. The first-order chi connectivity index (χ1) is 7.47. The molecule has 16 heavy (non-hydrogen) atoms. The van der Waals surface area contributed by atoms with Gasteiger partial charge < -0.3 is 4.90 Å². The van der Waals surface area contributed by atoms with Crippen molar-refractivity contribution in [1.82, 2.24) is 4.90 Å². The molecule has 1 unspecified atom stereocenters. The van der Waals surface area contributed by atoms with Crippen LogP contribution < -0.4 is 0 Å². The van der Waals surface area contributed by atoms with Crippen molar-refractivity contribution in [3.8, 4) is 0 Å². The summed E-state index contributed by atoms with van der Waals surface area (Å²) in [7, 11) is 1.69. The molecule has 2 nitrogen and oxygen atoms in total. The molecule has 0 aliphatic rings. The molecule has 0 saturated heterocycles. The van der Waals surface area contributed by atoms with Crippen LogP contribution in [0.3, 0.4) is 0 Å². The second-order valence-corrected chi connectivity index (χ2v) is 4.59. The molecule has 0 aliphatic heterocycles. The molecule has 0 aromatic heterocycles. The van der Waals surface area contributed by atoms with Crippen LogP contribution >= 0.6 is 34.8 Å². The zero-order valence-electron chi connectivity index (χ0n) is 9.01. The van der Waals surface area contributed by atoms with E-state index < -0.39 is 0 Å². The predicted octanol–water partition coefficient (Wildman–Crippen LogP) is 3.75. The fraction of sp³-hybridized carbons (Fsp3) is 0.364. The summed E-state index contributed by atoms with van der Waals surface area (Å²) in [4.78, 5) is 13.0. The molecule has 1 rings (SSSR count). The zero-order valence-corrected chi connectivity index (χ0v) is 11.3. The van der Waals surface area contributed by atoms with Crippen LogP contribution in [-0.4, -0.2) is 23.7 Å². The molecule has 0 fully saturated rings. The van der Waals surface area contributed by atoms with E-state index >= 15 is 0 Å². The predicted molar refractivity (Wildman–Crippen MR) is 68.4 cm³/mol. The van der Waals surface area contributed by atoms with Crippen molar-refractivity contribution in [3.05, 3.63) is 33.8 Å². The number of halogens is 3. The highest BCUT2D eigenvalue weighted by Crippen LogP contribution is 2.29. The average Bonchev–Trinajstić information content (AvgIpc) is 2.26. The van der Waals surface area contributed by atoms with Gasteiger partial charge in [0.1, 0.15) is 5.88 Å². The minimum atomic E-state index is -0.139. The van der Waals surface area contributed by atoms with Gasteiger partial charge in [-0.1, -0.05) is 29.3 Å². The maximum absolute atomic E-state index is 11.4. The normalized spacial score (nSPS) is 12.3. The topological polar surface area (TPSA) is 20.3 Å². The molecular formula is C11H12Cl3NO. The molecule has 0 spiro atoms. The Bertz CT molecular complexity index is 395. The third kappa shape index (κ3) is 3.03. The van der Waals surface area contributed by atoms with Gasteiger partial charge in [0, 0.05) is 17.1 Å². The second kappa shape index (κ2) is 5.76. The van der Waals surface area contributed by atoms with Gasteiger partial charge in [0.25, 0.3) is 0 Å². The lowest BCUT2D eigenvalue weighted by Gasteiger charge is -2.25. The van der Waals surface area contributed by atoms with Crippen molar-refractivity contribution in [2.24, 2.45) is 0 Å². The molecule has 1 amide bonds. The molecule has 0 N–H and O–H groups in total. The molecular weight excluding hydrogens is 268 g/mol. The molecule has 0 saturated carbocycles. The van der Waals surface area contributed by atoms with Gasteiger partial charge in [-0.05, 0) is 24.6 Å². The van der Waals surface area contributed by atoms with Crippen LogP contribution in [-0.2, 0) is 4.79 Å². The number of carbonyl (C=O) groups is 1. The lowest BCUT2D eigenvalue weighted by atomic mass is 10.1. The summed E-state index contributed by atoms with van der Waals surface area (Å²) in [6, 6.07) is 5.09. The highest BCUT2D eigenvalue weighted by Gasteiger charge is 2.18. The Morgan fingerprint density at radius 1 is 1.44 bits per heavy atom. The van der Waals surface area contributed by atoms with Crippen molar-refractivity contribution >= 4 is 40.7 Å². The van der Waals surface area contributed by atoms with Crippen molar-refractivity contribution in [2.45, 2.75) is 13.0 Å². The van der Waals surface area contributed by atoms with E-state index in [1.165, 1.54) is 0 Å². The first kappa shape index (κ1) is 13.6. The summed E-state index contributed by atoms with van der Waals surface area (Å²) in [5.74, 6) is -0.174. The number of rotatable bonds is 3.